The van der Waals surface area contributed by atoms with E-state index in [1.165, 1.54) is 0 Å². The molecular formula is C14H29IN4O2. The highest BCUT2D eigenvalue weighted by Crippen LogP contribution is 2.13. The van der Waals surface area contributed by atoms with Gasteiger partial charge in [-0.15, -0.1) is 24.0 Å². The van der Waals surface area contributed by atoms with E-state index in [0.29, 0.717) is 17.9 Å². The molecule has 124 valence electrons. The Morgan fingerprint density at radius 1 is 1.05 bits per heavy atom. The van der Waals surface area contributed by atoms with Crippen molar-refractivity contribution < 1.29 is 9.47 Å². The van der Waals surface area contributed by atoms with Gasteiger partial charge in [0.25, 0.3) is 0 Å². The van der Waals surface area contributed by atoms with E-state index in [2.05, 4.69) is 28.6 Å². The summed E-state index contributed by atoms with van der Waals surface area (Å²) in [5.74, 6) is 1.22. The fourth-order valence-electron chi connectivity index (χ4n) is 2.74. The lowest BCUT2D eigenvalue weighted by molar-refractivity contribution is 0.00856. The Kier molecular flexibility index (Phi) is 8.84. The predicted molar refractivity (Wildman–Crippen MR) is 95.3 cm³/mol. The standard InChI is InChI=1S/C14H28N4O2.HI/c1-12(2)13(17-3-7-19-8-4-17)11-16-14(15)18-5-9-20-10-6-18;/h12-13H,3-11H2,1-2H3,(H2,15,16);1H. The maximum absolute atomic E-state index is 6.10. The number of rotatable bonds is 4. The monoisotopic (exact) mass is 412 g/mol. The molecule has 1 unspecified atom stereocenters. The molecule has 0 aromatic heterocycles. The average molecular weight is 412 g/mol. The molecule has 0 spiro atoms. The van der Waals surface area contributed by atoms with Crippen LogP contribution in [0.1, 0.15) is 13.8 Å². The van der Waals surface area contributed by atoms with Crippen LogP contribution in [0.4, 0.5) is 0 Å². The highest BCUT2D eigenvalue weighted by Gasteiger charge is 2.24. The van der Waals surface area contributed by atoms with Crippen molar-refractivity contribution in [2.45, 2.75) is 19.9 Å². The summed E-state index contributed by atoms with van der Waals surface area (Å²) in [7, 11) is 0. The van der Waals surface area contributed by atoms with Crippen LogP contribution in [0.2, 0.25) is 0 Å². The van der Waals surface area contributed by atoms with E-state index in [-0.39, 0.29) is 24.0 Å². The number of nitrogens with two attached hydrogens (primary N) is 1. The molecule has 2 saturated heterocycles. The van der Waals surface area contributed by atoms with Gasteiger partial charge < -0.3 is 20.1 Å². The number of guanidine groups is 1. The first kappa shape index (κ1) is 18.9. The van der Waals surface area contributed by atoms with Crippen LogP contribution >= 0.6 is 24.0 Å². The average Bonchev–Trinajstić information content (AvgIpc) is 2.49. The van der Waals surface area contributed by atoms with Gasteiger partial charge in [0.1, 0.15) is 0 Å². The minimum absolute atomic E-state index is 0. The van der Waals surface area contributed by atoms with Crippen LogP contribution < -0.4 is 5.73 Å². The second kappa shape index (κ2) is 9.81. The van der Waals surface area contributed by atoms with Crippen molar-refractivity contribution in [1.82, 2.24) is 9.80 Å². The smallest absolute Gasteiger partial charge is 0.191 e. The summed E-state index contributed by atoms with van der Waals surface area (Å²) in [6.07, 6.45) is 0. The van der Waals surface area contributed by atoms with Gasteiger partial charge in [-0.05, 0) is 5.92 Å². The van der Waals surface area contributed by atoms with Crippen LogP contribution in [0, 0.1) is 5.92 Å². The van der Waals surface area contributed by atoms with Crippen molar-refractivity contribution in [2.24, 2.45) is 16.6 Å². The second-order valence-corrected chi connectivity index (χ2v) is 5.76. The van der Waals surface area contributed by atoms with E-state index in [1.54, 1.807) is 0 Å². The number of nitrogens with zero attached hydrogens (tertiary/aromatic N) is 3. The minimum atomic E-state index is 0. The van der Waals surface area contributed by atoms with E-state index >= 15 is 0 Å². The van der Waals surface area contributed by atoms with Crippen LogP contribution in [0.3, 0.4) is 0 Å². The molecular weight excluding hydrogens is 383 g/mol. The van der Waals surface area contributed by atoms with E-state index in [0.717, 1.165) is 59.2 Å². The number of ether oxygens (including phenoxy) is 2. The van der Waals surface area contributed by atoms with E-state index in [9.17, 15) is 0 Å². The quantitative estimate of drug-likeness (QED) is 0.417. The molecule has 0 bridgehead atoms. The Morgan fingerprint density at radius 2 is 1.57 bits per heavy atom. The van der Waals surface area contributed by atoms with Crippen molar-refractivity contribution in [2.75, 3.05) is 59.2 Å². The minimum Gasteiger partial charge on any atom is -0.379 e. The highest BCUT2D eigenvalue weighted by molar-refractivity contribution is 14.0. The van der Waals surface area contributed by atoms with Crippen molar-refractivity contribution in [3.8, 4) is 0 Å². The molecule has 2 rings (SSSR count). The van der Waals surface area contributed by atoms with Gasteiger partial charge in [-0.25, -0.2) is 0 Å². The fourth-order valence-corrected chi connectivity index (χ4v) is 2.74. The topological polar surface area (TPSA) is 63.3 Å². The Labute approximate surface area is 145 Å². The molecule has 6 nitrogen and oxygen atoms in total. The molecule has 2 fully saturated rings. The fraction of sp³-hybridized carbons (Fsp3) is 0.929. The number of halogens is 1. The molecule has 0 aromatic carbocycles. The van der Waals surface area contributed by atoms with Crippen LogP contribution in [-0.2, 0) is 9.47 Å². The Bertz CT molecular complexity index is 316. The van der Waals surface area contributed by atoms with Gasteiger partial charge >= 0.3 is 0 Å². The van der Waals surface area contributed by atoms with Gasteiger partial charge in [-0.3, -0.25) is 9.89 Å². The molecule has 0 saturated carbocycles. The number of hydrogen-bond acceptors (Lipinski definition) is 4. The number of hydrogen-bond donors (Lipinski definition) is 1. The second-order valence-electron chi connectivity index (χ2n) is 5.76. The Morgan fingerprint density at radius 3 is 2.10 bits per heavy atom. The third-order valence-electron chi connectivity index (χ3n) is 4.06. The number of aliphatic imine (C=N–C) groups is 1. The van der Waals surface area contributed by atoms with Crippen molar-refractivity contribution in [3.05, 3.63) is 0 Å². The molecule has 0 aromatic rings. The molecule has 2 aliphatic heterocycles. The first-order valence-corrected chi connectivity index (χ1v) is 7.63. The highest BCUT2D eigenvalue weighted by atomic mass is 127. The van der Waals surface area contributed by atoms with E-state index in [4.69, 9.17) is 15.2 Å². The van der Waals surface area contributed by atoms with Crippen molar-refractivity contribution >= 4 is 29.9 Å². The normalized spacial score (nSPS) is 23.0. The molecule has 0 amide bonds. The van der Waals surface area contributed by atoms with Gasteiger partial charge in [-0.1, -0.05) is 13.8 Å². The SMILES string of the molecule is CC(C)C(CN=C(N)N1CCOCC1)N1CCOCC1.I. The van der Waals surface area contributed by atoms with Crippen LogP contribution in [0.5, 0.6) is 0 Å². The van der Waals surface area contributed by atoms with Crippen LogP contribution in [0.15, 0.2) is 4.99 Å². The Hall–Kier alpha value is -0.120. The summed E-state index contributed by atoms with van der Waals surface area (Å²) < 4.78 is 10.8. The van der Waals surface area contributed by atoms with Gasteiger partial charge in [0.15, 0.2) is 5.96 Å². The molecule has 7 heteroatoms. The zero-order valence-electron chi connectivity index (χ0n) is 13.2. The molecule has 2 N–H and O–H groups in total. The van der Waals surface area contributed by atoms with Crippen LogP contribution in [0.25, 0.3) is 0 Å². The summed E-state index contributed by atoms with van der Waals surface area (Å²) in [6.45, 7) is 12.1. The van der Waals surface area contributed by atoms with Crippen molar-refractivity contribution in [3.63, 3.8) is 0 Å². The first-order chi connectivity index (χ1) is 9.68. The largest absolute Gasteiger partial charge is 0.379 e. The third-order valence-corrected chi connectivity index (χ3v) is 4.06. The molecule has 21 heavy (non-hydrogen) atoms. The molecule has 0 radical (unpaired) electrons. The molecule has 2 heterocycles. The van der Waals surface area contributed by atoms with E-state index < -0.39 is 0 Å². The van der Waals surface area contributed by atoms with E-state index in [1.807, 2.05) is 0 Å². The summed E-state index contributed by atoms with van der Waals surface area (Å²) in [5, 5.41) is 0. The summed E-state index contributed by atoms with van der Waals surface area (Å²) in [5.41, 5.74) is 6.10. The summed E-state index contributed by atoms with van der Waals surface area (Å²) in [4.78, 5) is 9.21. The third kappa shape index (κ3) is 5.88. The lowest BCUT2D eigenvalue weighted by atomic mass is 10.0. The number of morpholine rings is 2. The summed E-state index contributed by atoms with van der Waals surface area (Å²) in [6, 6.07) is 0.443. The lowest BCUT2D eigenvalue weighted by Crippen LogP contribution is -2.49. The zero-order valence-corrected chi connectivity index (χ0v) is 15.5. The Balaban J connectivity index is 0.00000220. The summed E-state index contributed by atoms with van der Waals surface area (Å²) >= 11 is 0. The van der Waals surface area contributed by atoms with Gasteiger partial charge in [0.2, 0.25) is 0 Å². The first-order valence-electron chi connectivity index (χ1n) is 7.63. The maximum Gasteiger partial charge on any atom is 0.191 e. The molecule has 2 aliphatic rings. The molecule has 1 atom stereocenters. The zero-order chi connectivity index (χ0) is 14.4. The van der Waals surface area contributed by atoms with Gasteiger partial charge in [0, 0.05) is 32.2 Å². The van der Waals surface area contributed by atoms with Gasteiger partial charge in [-0.2, -0.15) is 0 Å². The van der Waals surface area contributed by atoms with Gasteiger partial charge in [0.05, 0.1) is 33.0 Å². The predicted octanol–water partition coefficient (Wildman–Crippen LogP) is 0.608. The molecule has 0 aliphatic carbocycles. The maximum atomic E-state index is 6.10. The van der Waals surface area contributed by atoms with Crippen molar-refractivity contribution in [1.29, 1.82) is 0 Å². The van der Waals surface area contributed by atoms with Crippen LogP contribution in [-0.4, -0.2) is 81.0 Å². The lowest BCUT2D eigenvalue weighted by Gasteiger charge is -2.36.